The summed E-state index contributed by atoms with van der Waals surface area (Å²) < 4.78 is 5.49. The zero-order valence-electron chi connectivity index (χ0n) is 49.6. The highest BCUT2D eigenvalue weighted by atomic mass is 16.5. The van der Waals surface area contributed by atoms with Crippen LogP contribution in [0.2, 0.25) is 0 Å². The van der Waals surface area contributed by atoms with E-state index in [4.69, 9.17) is 4.74 Å². The van der Waals surface area contributed by atoms with E-state index in [0.717, 1.165) is 70.6 Å². The molecule has 0 saturated heterocycles. The van der Waals surface area contributed by atoms with Gasteiger partial charge in [0, 0.05) is 12.8 Å². The first-order valence-electron chi connectivity index (χ1n) is 32.9. The fourth-order valence-corrected chi connectivity index (χ4v) is 10.0. The summed E-state index contributed by atoms with van der Waals surface area (Å²) in [4.78, 5) is 24.6. The molecule has 0 aliphatic heterocycles. The lowest BCUT2D eigenvalue weighted by Gasteiger charge is -2.20. The molecule has 1 amide bonds. The third-order valence-electron chi connectivity index (χ3n) is 15.1. The first kappa shape index (κ1) is 71.8. The fraction of sp³-hybridized carbons (Fsp3) is 0.853. The Bertz CT molecular complexity index is 1240. The van der Waals surface area contributed by atoms with Crippen LogP contribution in [0.3, 0.4) is 0 Å². The van der Waals surface area contributed by atoms with Crippen LogP contribution in [0.5, 0.6) is 0 Å². The number of nitrogens with one attached hydrogen (secondary N) is 1. The molecular weight excluding hydrogens is 911 g/mol. The Kier molecular flexibility index (Phi) is 61.5. The predicted octanol–water partition coefficient (Wildman–Crippen LogP) is 20.9. The molecule has 0 aliphatic carbocycles. The highest BCUT2D eigenvalue weighted by Crippen LogP contribution is 2.17. The number of ether oxygens (including phenoxy) is 1. The minimum absolute atomic E-state index is 0.00151. The number of rotatable bonds is 61. The van der Waals surface area contributed by atoms with Gasteiger partial charge in [-0.1, -0.05) is 294 Å². The van der Waals surface area contributed by atoms with Gasteiger partial charge in [0.1, 0.15) is 0 Å². The van der Waals surface area contributed by atoms with Crippen LogP contribution in [0.4, 0.5) is 0 Å². The van der Waals surface area contributed by atoms with Gasteiger partial charge >= 0.3 is 5.97 Å². The quantitative estimate of drug-likeness (QED) is 0.0320. The second kappa shape index (κ2) is 63.4. The van der Waals surface area contributed by atoms with Crippen molar-refractivity contribution in [2.45, 2.75) is 360 Å². The number of allylic oxidation sites excluding steroid dienone is 7. The van der Waals surface area contributed by atoms with Gasteiger partial charge < -0.3 is 20.3 Å². The molecule has 0 radical (unpaired) electrons. The van der Waals surface area contributed by atoms with Crippen LogP contribution in [-0.2, 0) is 14.3 Å². The van der Waals surface area contributed by atoms with Crippen LogP contribution in [-0.4, -0.2) is 47.4 Å². The minimum atomic E-state index is -0.855. The summed E-state index contributed by atoms with van der Waals surface area (Å²) in [5.74, 6) is -0.0818. The van der Waals surface area contributed by atoms with E-state index < -0.39 is 12.1 Å². The average molecular weight is 1040 g/mol. The summed E-state index contributed by atoms with van der Waals surface area (Å²) >= 11 is 0. The van der Waals surface area contributed by atoms with Gasteiger partial charge in [-0.3, -0.25) is 9.59 Å². The zero-order chi connectivity index (χ0) is 53.6. The summed E-state index contributed by atoms with van der Waals surface area (Å²) in [6, 6.07) is -0.640. The lowest BCUT2D eigenvalue weighted by Crippen LogP contribution is -2.45. The fourth-order valence-electron chi connectivity index (χ4n) is 10.0. The molecule has 0 saturated carbocycles. The molecule has 0 aromatic rings. The number of hydrogen-bond acceptors (Lipinski definition) is 5. The van der Waals surface area contributed by atoms with E-state index in [-0.39, 0.29) is 18.5 Å². The monoisotopic (exact) mass is 1040 g/mol. The molecule has 2 atom stereocenters. The van der Waals surface area contributed by atoms with Crippen molar-refractivity contribution >= 4 is 11.9 Å². The summed E-state index contributed by atoms with van der Waals surface area (Å²) in [5.41, 5.74) is 0. The molecule has 3 N–H and O–H groups in total. The summed E-state index contributed by atoms with van der Waals surface area (Å²) in [7, 11) is 0. The van der Waals surface area contributed by atoms with Gasteiger partial charge in [0.2, 0.25) is 5.91 Å². The standard InChI is InChI=1S/C68H127NO5/c1-3-5-7-9-11-13-15-17-19-21-23-25-28-32-36-40-44-48-52-56-60-66(71)65(64-70)69-67(72)61-57-53-49-45-41-37-33-29-26-27-31-35-39-43-47-51-55-59-63-74-68(73)62-58-54-50-46-42-38-34-30-24-22-20-18-16-14-12-10-8-6-4-2/h12,14,18,20,29,33,56,60,65-66,70-71H,3-11,13,15-17,19,21-28,30-32,34-55,57-59,61-64H2,1-2H3,(H,69,72)/b14-12-,20-18-,33-29-,60-56+. The molecule has 0 heterocycles. The Labute approximate surface area is 461 Å². The highest BCUT2D eigenvalue weighted by molar-refractivity contribution is 5.76. The average Bonchev–Trinajstić information content (AvgIpc) is 3.40. The third kappa shape index (κ3) is 59.1. The molecule has 74 heavy (non-hydrogen) atoms. The second-order valence-corrected chi connectivity index (χ2v) is 22.4. The first-order chi connectivity index (χ1) is 36.5. The Morgan fingerprint density at radius 1 is 0.378 bits per heavy atom. The van der Waals surface area contributed by atoms with Gasteiger partial charge in [-0.25, -0.2) is 0 Å². The van der Waals surface area contributed by atoms with Crippen molar-refractivity contribution in [3.05, 3.63) is 48.6 Å². The number of carbonyl (C=O) groups is 2. The van der Waals surface area contributed by atoms with E-state index in [2.05, 4.69) is 55.6 Å². The molecule has 6 nitrogen and oxygen atoms in total. The normalized spacial score (nSPS) is 12.9. The molecule has 0 rings (SSSR count). The molecule has 0 spiro atoms. The van der Waals surface area contributed by atoms with E-state index in [0.29, 0.717) is 19.4 Å². The first-order valence-corrected chi connectivity index (χ1v) is 32.9. The molecule has 0 bridgehead atoms. The molecule has 0 fully saturated rings. The van der Waals surface area contributed by atoms with Crippen molar-refractivity contribution < 1.29 is 24.5 Å². The number of hydrogen-bond donors (Lipinski definition) is 3. The van der Waals surface area contributed by atoms with Gasteiger partial charge in [0.05, 0.1) is 25.4 Å². The molecule has 6 heteroatoms. The number of carbonyl (C=O) groups excluding carboxylic acids is 2. The highest BCUT2D eigenvalue weighted by Gasteiger charge is 2.18. The summed E-state index contributed by atoms with van der Waals surface area (Å²) in [5, 5.41) is 23.2. The predicted molar refractivity (Wildman–Crippen MR) is 324 cm³/mol. The number of esters is 1. The number of amides is 1. The van der Waals surface area contributed by atoms with Gasteiger partial charge in [-0.05, 0) is 89.9 Å². The molecule has 0 aromatic carbocycles. The van der Waals surface area contributed by atoms with Crippen molar-refractivity contribution in [3.63, 3.8) is 0 Å². The van der Waals surface area contributed by atoms with Crippen LogP contribution < -0.4 is 5.32 Å². The molecule has 434 valence electrons. The SMILES string of the molecule is CCCCC/C=C\C/C=C\CCCCCCCCCCCC(=O)OCCCCCCCCCCC/C=C\CCCCCCCC(=O)NC(CO)C(O)/C=C/CCCCCCCCCCCCCCCCCCCC. The Balaban J connectivity index is 3.47. The van der Waals surface area contributed by atoms with Gasteiger partial charge in [-0.15, -0.1) is 0 Å². The Hall–Kier alpha value is -2.18. The maximum absolute atomic E-state index is 12.5. The topological polar surface area (TPSA) is 95.9 Å². The lowest BCUT2D eigenvalue weighted by atomic mass is 10.0. The van der Waals surface area contributed by atoms with Crippen LogP contribution in [0.1, 0.15) is 348 Å². The zero-order valence-corrected chi connectivity index (χ0v) is 49.6. The Morgan fingerprint density at radius 2 is 0.676 bits per heavy atom. The van der Waals surface area contributed by atoms with Crippen LogP contribution in [0.25, 0.3) is 0 Å². The van der Waals surface area contributed by atoms with Crippen molar-refractivity contribution in [2.75, 3.05) is 13.2 Å². The van der Waals surface area contributed by atoms with E-state index >= 15 is 0 Å². The second-order valence-electron chi connectivity index (χ2n) is 22.4. The summed E-state index contributed by atoms with van der Waals surface area (Å²) in [6.07, 6.45) is 81.5. The van der Waals surface area contributed by atoms with Crippen molar-refractivity contribution in [2.24, 2.45) is 0 Å². The molecule has 0 aliphatic rings. The van der Waals surface area contributed by atoms with Gasteiger partial charge in [0.15, 0.2) is 0 Å². The van der Waals surface area contributed by atoms with E-state index in [1.807, 2.05) is 6.08 Å². The van der Waals surface area contributed by atoms with Crippen molar-refractivity contribution in [1.29, 1.82) is 0 Å². The largest absolute Gasteiger partial charge is 0.466 e. The number of aliphatic hydroxyl groups excluding tert-OH is 2. The Morgan fingerprint density at radius 3 is 1.07 bits per heavy atom. The molecule has 0 aromatic heterocycles. The van der Waals surface area contributed by atoms with Crippen molar-refractivity contribution in [3.8, 4) is 0 Å². The maximum atomic E-state index is 12.5. The van der Waals surface area contributed by atoms with E-state index in [9.17, 15) is 19.8 Å². The van der Waals surface area contributed by atoms with E-state index in [1.165, 1.54) is 250 Å². The smallest absolute Gasteiger partial charge is 0.305 e. The van der Waals surface area contributed by atoms with Crippen LogP contribution in [0.15, 0.2) is 48.6 Å². The van der Waals surface area contributed by atoms with Crippen LogP contribution >= 0.6 is 0 Å². The number of unbranched alkanes of at least 4 members (excludes halogenated alkanes) is 44. The molecule has 2 unspecified atom stereocenters. The van der Waals surface area contributed by atoms with Crippen LogP contribution in [0, 0.1) is 0 Å². The third-order valence-corrected chi connectivity index (χ3v) is 15.1. The maximum Gasteiger partial charge on any atom is 0.305 e. The van der Waals surface area contributed by atoms with Gasteiger partial charge in [0.25, 0.3) is 0 Å². The molecular formula is C68H127NO5. The van der Waals surface area contributed by atoms with Gasteiger partial charge in [-0.2, -0.15) is 0 Å². The van der Waals surface area contributed by atoms with Crippen molar-refractivity contribution in [1.82, 2.24) is 5.32 Å². The van der Waals surface area contributed by atoms with E-state index in [1.54, 1.807) is 6.08 Å². The number of aliphatic hydroxyl groups is 2. The summed E-state index contributed by atoms with van der Waals surface area (Å²) in [6.45, 7) is 4.88. The minimum Gasteiger partial charge on any atom is -0.466 e. The lowest BCUT2D eigenvalue weighted by molar-refractivity contribution is -0.143.